The molecule has 0 radical (unpaired) electrons. The van der Waals surface area contributed by atoms with Crippen LogP contribution in [-0.4, -0.2) is 58.5 Å². The first kappa shape index (κ1) is 31.5. The van der Waals surface area contributed by atoms with E-state index in [9.17, 15) is 18.0 Å². The minimum atomic E-state index is -4.24. The van der Waals surface area contributed by atoms with Gasteiger partial charge in [-0.05, 0) is 57.0 Å². The molecule has 0 aliphatic carbocycles. The standard InChI is InChI=1S/C31H39N3O6S/c1-7-18-32-31(36)24(4)33(20-25-12-8-22(2)9-13-25)30(35)21-34(26-14-10-23(3)11-15-26)41(37,38)27-16-17-28(39-5)29(19-27)40-6/h8-17,19,24H,7,18,20-21H2,1-6H3,(H,32,36)/t24-/m0/s1. The second-order valence-corrected chi connectivity index (χ2v) is 11.7. The van der Waals surface area contributed by atoms with E-state index in [1.165, 1.54) is 37.3 Å². The molecule has 1 atom stereocenters. The zero-order chi connectivity index (χ0) is 30.2. The molecule has 3 aromatic rings. The van der Waals surface area contributed by atoms with Crippen LogP contribution in [0, 0.1) is 13.8 Å². The molecule has 3 aromatic carbocycles. The van der Waals surface area contributed by atoms with Gasteiger partial charge >= 0.3 is 0 Å². The summed E-state index contributed by atoms with van der Waals surface area (Å²) < 4.78 is 39.8. The van der Waals surface area contributed by atoms with Crippen molar-refractivity contribution in [1.29, 1.82) is 0 Å². The molecule has 1 N–H and O–H groups in total. The minimum absolute atomic E-state index is 0.0673. The van der Waals surface area contributed by atoms with Crippen LogP contribution in [-0.2, 0) is 26.2 Å². The van der Waals surface area contributed by atoms with E-state index < -0.39 is 28.5 Å². The average molecular weight is 582 g/mol. The summed E-state index contributed by atoms with van der Waals surface area (Å²) in [5.74, 6) is -0.210. The summed E-state index contributed by atoms with van der Waals surface area (Å²) in [4.78, 5) is 28.3. The summed E-state index contributed by atoms with van der Waals surface area (Å²) in [6, 6.07) is 18.0. The molecule has 0 aliphatic heterocycles. The van der Waals surface area contributed by atoms with E-state index in [2.05, 4.69) is 5.32 Å². The van der Waals surface area contributed by atoms with Gasteiger partial charge in [-0.25, -0.2) is 8.42 Å². The Kier molecular flexibility index (Phi) is 10.8. The normalized spacial score (nSPS) is 11.9. The van der Waals surface area contributed by atoms with Gasteiger partial charge in [0.25, 0.3) is 10.0 Å². The van der Waals surface area contributed by atoms with Crippen molar-refractivity contribution in [2.75, 3.05) is 31.6 Å². The maximum absolute atomic E-state index is 14.1. The number of sulfonamides is 1. The first-order valence-electron chi connectivity index (χ1n) is 13.5. The molecule has 9 nitrogen and oxygen atoms in total. The van der Waals surface area contributed by atoms with Gasteiger partial charge in [0.15, 0.2) is 11.5 Å². The average Bonchev–Trinajstić information content (AvgIpc) is 2.97. The maximum Gasteiger partial charge on any atom is 0.264 e. The third kappa shape index (κ3) is 7.79. The van der Waals surface area contributed by atoms with Gasteiger partial charge in [0.2, 0.25) is 11.8 Å². The van der Waals surface area contributed by atoms with Crippen LogP contribution >= 0.6 is 0 Å². The Morgan fingerprint density at radius 3 is 2.02 bits per heavy atom. The Balaban J connectivity index is 2.05. The van der Waals surface area contributed by atoms with Crippen molar-refractivity contribution >= 4 is 27.5 Å². The summed E-state index contributed by atoms with van der Waals surface area (Å²) in [6.45, 7) is 7.54. The van der Waals surface area contributed by atoms with Crippen LogP contribution in [0.4, 0.5) is 5.69 Å². The Hall–Kier alpha value is -4.05. The number of carbonyl (C=O) groups is 2. The molecule has 0 spiro atoms. The van der Waals surface area contributed by atoms with Crippen LogP contribution in [0.25, 0.3) is 0 Å². The first-order valence-corrected chi connectivity index (χ1v) is 14.9. The van der Waals surface area contributed by atoms with Gasteiger partial charge in [0, 0.05) is 19.2 Å². The third-order valence-corrected chi connectivity index (χ3v) is 8.50. The highest BCUT2D eigenvalue weighted by atomic mass is 32.2. The van der Waals surface area contributed by atoms with Crippen molar-refractivity contribution in [1.82, 2.24) is 10.2 Å². The number of carbonyl (C=O) groups excluding carboxylic acids is 2. The fourth-order valence-electron chi connectivity index (χ4n) is 4.21. The predicted molar refractivity (Wildman–Crippen MR) is 160 cm³/mol. The van der Waals surface area contributed by atoms with E-state index in [4.69, 9.17) is 9.47 Å². The zero-order valence-corrected chi connectivity index (χ0v) is 25.3. The smallest absolute Gasteiger partial charge is 0.264 e. The lowest BCUT2D eigenvalue weighted by molar-refractivity contribution is -0.139. The molecule has 10 heteroatoms. The SMILES string of the molecule is CCCNC(=O)[C@H](C)N(Cc1ccc(C)cc1)C(=O)CN(c1ccc(C)cc1)S(=O)(=O)c1ccc(OC)c(OC)c1. The molecule has 0 saturated heterocycles. The number of rotatable bonds is 13. The summed E-state index contributed by atoms with van der Waals surface area (Å²) in [7, 11) is -1.36. The van der Waals surface area contributed by atoms with E-state index in [1.54, 1.807) is 31.2 Å². The summed E-state index contributed by atoms with van der Waals surface area (Å²) >= 11 is 0. The van der Waals surface area contributed by atoms with Crippen LogP contribution < -0.4 is 19.1 Å². The lowest BCUT2D eigenvalue weighted by Gasteiger charge is -2.32. The van der Waals surface area contributed by atoms with Crippen LogP contribution in [0.5, 0.6) is 11.5 Å². The van der Waals surface area contributed by atoms with E-state index >= 15 is 0 Å². The van der Waals surface area contributed by atoms with E-state index in [-0.39, 0.29) is 23.1 Å². The number of aryl methyl sites for hydroxylation is 2. The maximum atomic E-state index is 14.1. The van der Waals surface area contributed by atoms with Crippen molar-refractivity contribution in [3.63, 3.8) is 0 Å². The quantitative estimate of drug-likeness (QED) is 0.320. The number of hydrogen-bond acceptors (Lipinski definition) is 6. The number of anilines is 1. The van der Waals surface area contributed by atoms with Crippen molar-refractivity contribution in [3.05, 3.63) is 83.4 Å². The van der Waals surface area contributed by atoms with Gasteiger partial charge < -0.3 is 19.7 Å². The molecule has 0 aromatic heterocycles. The monoisotopic (exact) mass is 581 g/mol. The van der Waals surface area contributed by atoms with Gasteiger partial charge in [0.1, 0.15) is 12.6 Å². The minimum Gasteiger partial charge on any atom is -0.493 e. The second-order valence-electron chi connectivity index (χ2n) is 9.84. The molecule has 0 heterocycles. The Morgan fingerprint density at radius 1 is 0.878 bits per heavy atom. The fraction of sp³-hybridized carbons (Fsp3) is 0.355. The number of methoxy groups -OCH3 is 2. The number of hydrogen-bond donors (Lipinski definition) is 1. The topological polar surface area (TPSA) is 105 Å². The molecule has 2 amide bonds. The molecule has 0 saturated carbocycles. The van der Waals surface area contributed by atoms with E-state index in [0.717, 1.165) is 27.4 Å². The van der Waals surface area contributed by atoms with Gasteiger partial charge in [-0.2, -0.15) is 0 Å². The molecule has 0 aliphatic rings. The Morgan fingerprint density at radius 2 is 1.46 bits per heavy atom. The van der Waals surface area contributed by atoms with Gasteiger partial charge in [-0.15, -0.1) is 0 Å². The number of benzene rings is 3. The molecule has 41 heavy (non-hydrogen) atoms. The molecule has 3 rings (SSSR count). The molecule has 0 bridgehead atoms. The Labute approximate surface area is 243 Å². The number of ether oxygens (including phenoxy) is 2. The molecule has 0 unspecified atom stereocenters. The predicted octanol–water partition coefficient (Wildman–Crippen LogP) is 4.46. The summed E-state index contributed by atoms with van der Waals surface area (Å²) in [6.07, 6.45) is 0.745. The van der Waals surface area contributed by atoms with Gasteiger partial charge in [0.05, 0.1) is 24.8 Å². The lowest BCUT2D eigenvalue weighted by Crippen LogP contribution is -2.51. The fourth-order valence-corrected chi connectivity index (χ4v) is 5.64. The zero-order valence-electron chi connectivity index (χ0n) is 24.5. The molecule has 220 valence electrons. The van der Waals surface area contributed by atoms with Crippen molar-refractivity contribution in [2.24, 2.45) is 0 Å². The number of nitrogens with zero attached hydrogens (tertiary/aromatic N) is 2. The largest absolute Gasteiger partial charge is 0.493 e. The van der Waals surface area contributed by atoms with Crippen molar-refractivity contribution < 1.29 is 27.5 Å². The summed E-state index contributed by atoms with van der Waals surface area (Å²) in [5, 5.41) is 2.84. The molecular weight excluding hydrogens is 542 g/mol. The highest BCUT2D eigenvalue weighted by molar-refractivity contribution is 7.92. The number of nitrogens with one attached hydrogen (secondary N) is 1. The second kappa shape index (κ2) is 14.0. The van der Waals surface area contributed by atoms with Crippen molar-refractivity contribution in [2.45, 2.75) is 51.6 Å². The lowest BCUT2D eigenvalue weighted by atomic mass is 10.1. The highest BCUT2D eigenvalue weighted by Crippen LogP contribution is 2.32. The van der Waals surface area contributed by atoms with Crippen LogP contribution in [0.1, 0.15) is 37.0 Å². The Bertz CT molecular complexity index is 1440. The van der Waals surface area contributed by atoms with E-state index in [0.29, 0.717) is 18.0 Å². The molecular formula is C31H39N3O6S. The van der Waals surface area contributed by atoms with E-state index in [1.807, 2.05) is 45.0 Å². The van der Waals surface area contributed by atoms with Crippen LogP contribution in [0.3, 0.4) is 0 Å². The number of amides is 2. The third-order valence-electron chi connectivity index (χ3n) is 6.73. The van der Waals surface area contributed by atoms with Gasteiger partial charge in [-0.3, -0.25) is 13.9 Å². The molecule has 0 fully saturated rings. The highest BCUT2D eigenvalue weighted by Gasteiger charge is 2.33. The first-order chi connectivity index (χ1) is 19.5. The summed E-state index contributed by atoms with van der Waals surface area (Å²) in [5.41, 5.74) is 3.14. The van der Waals surface area contributed by atoms with Crippen molar-refractivity contribution in [3.8, 4) is 11.5 Å². The van der Waals surface area contributed by atoms with Crippen LogP contribution in [0.2, 0.25) is 0 Å². The van der Waals surface area contributed by atoms with Gasteiger partial charge in [-0.1, -0.05) is 54.4 Å². The van der Waals surface area contributed by atoms with Crippen LogP contribution in [0.15, 0.2) is 71.6 Å².